The molecule has 1 aliphatic carbocycles. The molecule has 0 atom stereocenters. The second-order valence-electron chi connectivity index (χ2n) is 7.79. The first kappa shape index (κ1) is 20.3. The molecule has 2 aromatic heterocycles. The third-order valence-corrected chi connectivity index (χ3v) is 6.75. The maximum absolute atomic E-state index is 11.7. The number of nitro groups is 1. The van der Waals surface area contributed by atoms with E-state index >= 15 is 0 Å². The number of nitrogens with zero attached hydrogens (tertiary/aromatic N) is 3. The Hall–Kier alpha value is -3.00. The number of carboxylic acids is 1. The Labute approximate surface area is 178 Å². The summed E-state index contributed by atoms with van der Waals surface area (Å²) < 4.78 is 2.11. The fourth-order valence-corrected chi connectivity index (χ4v) is 5.01. The number of carbonyl (C=O) groups is 1. The number of aromatic nitrogens is 2. The molecule has 2 heterocycles. The third-order valence-electron chi connectivity index (χ3n) is 5.85. The Balaban J connectivity index is 1.68. The van der Waals surface area contributed by atoms with E-state index in [1.165, 1.54) is 55.6 Å². The lowest BCUT2D eigenvalue weighted by Gasteiger charge is -2.24. The summed E-state index contributed by atoms with van der Waals surface area (Å²) >= 11 is 1.45. The average Bonchev–Trinajstić information content (AvgIpc) is 3.34. The van der Waals surface area contributed by atoms with Crippen molar-refractivity contribution in [3.8, 4) is 22.0 Å². The summed E-state index contributed by atoms with van der Waals surface area (Å²) in [5, 5.41) is 23.2. The van der Waals surface area contributed by atoms with Gasteiger partial charge in [-0.05, 0) is 43.9 Å². The Morgan fingerprint density at radius 1 is 1.27 bits per heavy atom. The number of non-ortho nitro benzene ring substituents is 1. The van der Waals surface area contributed by atoms with Gasteiger partial charge in [0.05, 0.1) is 21.9 Å². The van der Waals surface area contributed by atoms with E-state index < -0.39 is 10.9 Å². The van der Waals surface area contributed by atoms with Crippen molar-refractivity contribution >= 4 is 23.0 Å². The summed E-state index contributed by atoms with van der Waals surface area (Å²) in [6.45, 7) is 2.66. The van der Waals surface area contributed by atoms with Crippen molar-refractivity contribution < 1.29 is 14.8 Å². The van der Waals surface area contributed by atoms with Gasteiger partial charge in [0.2, 0.25) is 0 Å². The highest BCUT2D eigenvalue weighted by Crippen LogP contribution is 2.34. The first-order chi connectivity index (χ1) is 14.4. The Morgan fingerprint density at radius 3 is 2.60 bits per heavy atom. The highest BCUT2D eigenvalue weighted by molar-refractivity contribution is 7.13. The lowest BCUT2D eigenvalue weighted by atomic mass is 9.89. The van der Waals surface area contributed by atoms with Gasteiger partial charge in [0.25, 0.3) is 5.69 Å². The molecule has 8 heteroatoms. The molecule has 1 aromatic carbocycles. The molecule has 1 fully saturated rings. The smallest absolute Gasteiger partial charge is 0.337 e. The van der Waals surface area contributed by atoms with Gasteiger partial charge in [-0.2, -0.15) is 0 Å². The van der Waals surface area contributed by atoms with E-state index in [1.54, 1.807) is 18.2 Å². The summed E-state index contributed by atoms with van der Waals surface area (Å²) in [4.78, 5) is 26.9. The predicted octanol–water partition coefficient (Wildman–Crippen LogP) is 5.77. The molecule has 0 saturated heterocycles. The number of carboxylic acid groups (broad SMARTS) is 1. The van der Waals surface area contributed by atoms with Crippen molar-refractivity contribution in [2.45, 2.75) is 45.6 Å². The van der Waals surface area contributed by atoms with E-state index in [-0.39, 0.29) is 5.69 Å². The maximum atomic E-state index is 11.7. The van der Waals surface area contributed by atoms with Crippen LogP contribution in [0.1, 0.15) is 48.2 Å². The van der Waals surface area contributed by atoms with Crippen LogP contribution in [0.2, 0.25) is 0 Å². The van der Waals surface area contributed by atoms with Gasteiger partial charge in [-0.1, -0.05) is 19.3 Å². The highest BCUT2D eigenvalue weighted by atomic mass is 32.1. The molecule has 0 unspecified atom stereocenters. The van der Waals surface area contributed by atoms with E-state index in [2.05, 4.69) is 4.57 Å². The van der Waals surface area contributed by atoms with Gasteiger partial charge >= 0.3 is 5.97 Å². The number of hydrogen-bond acceptors (Lipinski definition) is 5. The van der Waals surface area contributed by atoms with Crippen molar-refractivity contribution in [2.24, 2.45) is 5.92 Å². The zero-order valence-corrected chi connectivity index (χ0v) is 17.5. The number of thiazole rings is 1. The molecule has 7 nitrogen and oxygen atoms in total. The molecule has 4 rings (SSSR count). The zero-order chi connectivity index (χ0) is 21.3. The SMILES string of the molecule is Cc1c(C(=O)O)cc(-c2csc(-c3ccc([N+](=O)[O-])cc3)n2)n1CC1CCCCC1. The molecule has 0 aliphatic heterocycles. The Morgan fingerprint density at radius 2 is 1.97 bits per heavy atom. The second kappa shape index (κ2) is 8.39. The minimum absolute atomic E-state index is 0.0404. The fourth-order valence-electron chi connectivity index (χ4n) is 4.19. The van der Waals surface area contributed by atoms with E-state index in [9.17, 15) is 20.0 Å². The molecule has 1 aliphatic rings. The number of rotatable bonds is 6. The second-order valence-corrected chi connectivity index (χ2v) is 8.65. The largest absolute Gasteiger partial charge is 0.478 e. The third kappa shape index (κ3) is 4.00. The molecule has 0 amide bonds. The molecule has 3 aromatic rings. The van der Waals surface area contributed by atoms with Crippen LogP contribution in [0.3, 0.4) is 0 Å². The van der Waals surface area contributed by atoms with Crippen LogP contribution >= 0.6 is 11.3 Å². The molecular weight excluding hydrogens is 402 g/mol. The summed E-state index contributed by atoms with van der Waals surface area (Å²) in [5.74, 6) is -0.375. The standard InChI is InChI=1S/C22H23N3O4S/c1-14-18(22(26)27)11-20(24(14)12-15-5-3-2-4-6-15)19-13-30-21(23-19)16-7-9-17(10-8-16)25(28)29/h7-11,13,15H,2-6,12H2,1H3,(H,26,27). The van der Waals surface area contributed by atoms with Crippen LogP contribution in [-0.2, 0) is 6.54 Å². The number of benzene rings is 1. The topological polar surface area (TPSA) is 98.3 Å². The lowest BCUT2D eigenvalue weighted by Crippen LogP contribution is -2.16. The average molecular weight is 426 g/mol. The predicted molar refractivity (Wildman–Crippen MR) is 116 cm³/mol. The van der Waals surface area contributed by atoms with Crippen LogP contribution in [-0.4, -0.2) is 25.6 Å². The van der Waals surface area contributed by atoms with Crippen LogP contribution in [0.25, 0.3) is 22.0 Å². The van der Waals surface area contributed by atoms with Gasteiger partial charge in [-0.25, -0.2) is 9.78 Å². The molecular formula is C22H23N3O4S. The van der Waals surface area contributed by atoms with Gasteiger partial charge in [0, 0.05) is 35.3 Å². The Bertz CT molecular complexity index is 1080. The summed E-state index contributed by atoms with van der Waals surface area (Å²) in [6.07, 6.45) is 6.08. The molecule has 0 bridgehead atoms. The fraction of sp³-hybridized carbons (Fsp3) is 0.364. The van der Waals surface area contributed by atoms with Crippen LogP contribution in [0.4, 0.5) is 5.69 Å². The lowest BCUT2D eigenvalue weighted by molar-refractivity contribution is -0.384. The van der Waals surface area contributed by atoms with Gasteiger partial charge in [-0.15, -0.1) is 11.3 Å². The molecule has 156 valence electrons. The minimum Gasteiger partial charge on any atom is -0.478 e. The van der Waals surface area contributed by atoms with Crippen molar-refractivity contribution in [3.63, 3.8) is 0 Å². The van der Waals surface area contributed by atoms with Gasteiger partial charge < -0.3 is 9.67 Å². The van der Waals surface area contributed by atoms with Crippen LogP contribution in [0.5, 0.6) is 0 Å². The molecule has 30 heavy (non-hydrogen) atoms. The Kier molecular flexibility index (Phi) is 5.67. The first-order valence-corrected chi connectivity index (χ1v) is 11.0. The zero-order valence-electron chi connectivity index (χ0n) is 16.7. The van der Waals surface area contributed by atoms with Gasteiger partial charge in [-0.3, -0.25) is 10.1 Å². The maximum Gasteiger partial charge on any atom is 0.337 e. The normalized spacial score (nSPS) is 14.7. The van der Waals surface area contributed by atoms with Gasteiger partial charge in [0.15, 0.2) is 0 Å². The number of hydrogen-bond donors (Lipinski definition) is 1. The monoisotopic (exact) mass is 425 g/mol. The van der Waals surface area contributed by atoms with Gasteiger partial charge in [0.1, 0.15) is 5.01 Å². The van der Waals surface area contributed by atoms with Crippen molar-refractivity contribution in [2.75, 3.05) is 0 Å². The van der Waals surface area contributed by atoms with Crippen LogP contribution in [0, 0.1) is 23.0 Å². The summed E-state index contributed by atoms with van der Waals surface area (Å²) in [5.41, 5.74) is 3.47. The van der Waals surface area contributed by atoms with E-state index in [0.717, 1.165) is 34.2 Å². The minimum atomic E-state index is -0.929. The summed E-state index contributed by atoms with van der Waals surface area (Å²) in [6, 6.07) is 8.03. The van der Waals surface area contributed by atoms with E-state index in [0.29, 0.717) is 11.5 Å². The van der Waals surface area contributed by atoms with Crippen molar-refractivity contribution in [3.05, 3.63) is 57.1 Å². The molecule has 0 spiro atoms. The quantitative estimate of drug-likeness (QED) is 0.399. The van der Waals surface area contributed by atoms with Crippen molar-refractivity contribution in [1.29, 1.82) is 0 Å². The first-order valence-electron chi connectivity index (χ1n) is 10.1. The molecule has 1 saturated carbocycles. The molecule has 0 radical (unpaired) electrons. The van der Waals surface area contributed by atoms with Crippen LogP contribution in [0.15, 0.2) is 35.7 Å². The summed E-state index contributed by atoms with van der Waals surface area (Å²) in [7, 11) is 0. The van der Waals surface area contributed by atoms with Crippen molar-refractivity contribution in [1.82, 2.24) is 9.55 Å². The molecule has 1 N–H and O–H groups in total. The van der Waals surface area contributed by atoms with E-state index in [4.69, 9.17) is 4.98 Å². The highest BCUT2D eigenvalue weighted by Gasteiger charge is 2.23. The number of aromatic carboxylic acids is 1. The van der Waals surface area contributed by atoms with E-state index in [1.807, 2.05) is 12.3 Å². The number of nitro benzene ring substituents is 1. The van der Waals surface area contributed by atoms with Crippen LogP contribution < -0.4 is 0 Å².